The normalized spacial score (nSPS) is 16.5. The molecule has 1 aliphatic heterocycles. The SMILES string of the molecule is CCCCCCCCCCC[C@H](CC(=O)NCCO[C@@H]1OC(CO)[C@@H](OCP(=O)(O)O)C(NC(=O)C[C@@H](CCCCCCCCCCC)OC(=O)CCCCCCCc2ccccc2)CC1NC(=O)C[C@@H](CCCCCCCCCCC)OC(=O)CCCCCCCc1ccccc1)OC(=O)CCCCCCCc1ccccc1. The third kappa shape index (κ3) is 53.7. The molecule has 4 rings (SSSR count). The number of amides is 3. The van der Waals surface area contributed by atoms with Gasteiger partial charge >= 0.3 is 25.5 Å². The van der Waals surface area contributed by atoms with Crippen molar-refractivity contribution in [3.05, 3.63) is 108 Å². The summed E-state index contributed by atoms with van der Waals surface area (Å²) in [5, 5.41) is 20.3. The molecule has 19 nitrogen and oxygen atoms in total. The van der Waals surface area contributed by atoms with E-state index in [9.17, 15) is 48.2 Å². The summed E-state index contributed by atoms with van der Waals surface area (Å²) in [6.45, 7) is 5.60. The molecular formula is C94H156N3O16P. The van der Waals surface area contributed by atoms with Crippen LogP contribution in [0.15, 0.2) is 91.0 Å². The van der Waals surface area contributed by atoms with E-state index < -0.39 is 87.2 Å². The molecular weight excluding hydrogens is 1460 g/mol. The lowest BCUT2D eigenvalue weighted by Crippen LogP contribution is -2.52. The molecule has 0 spiro atoms. The number of aliphatic hydroxyl groups excluding tert-OH is 1. The molecule has 114 heavy (non-hydrogen) atoms. The summed E-state index contributed by atoms with van der Waals surface area (Å²) in [5.74, 6) is -2.56. The molecule has 0 saturated carbocycles. The zero-order valence-corrected chi connectivity index (χ0v) is 72.0. The molecule has 0 bridgehead atoms. The molecule has 20 heteroatoms. The molecule has 0 radical (unpaired) electrons. The van der Waals surface area contributed by atoms with Gasteiger partial charge in [-0.05, 0) is 119 Å². The largest absolute Gasteiger partial charge is 0.462 e. The van der Waals surface area contributed by atoms with Gasteiger partial charge in [-0.15, -0.1) is 0 Å². The van der Waals surface area contributed by atoms with Crippen LogP contribution in [0, 0.1) is 0 Å². The highest BCUT2D eigenvalue weighted by Gasteiger charge is 2.44. The zero-order valence-electron chi connectivity index (χ0n) is 71.1. The van der Waals surface area contributed by atoms with E-state index in [1.165, 1.54) is 100 Å². The van der Waals surface area contributed by atoms with Gasteiger partial charge in [-0.1, -0.05) is 324 Å². The molecule has 1 aliphatic rings. The van der Waals surface area contributed by atoms with Crippen molar-refractivity contribution in [1.82, 2.24) is 16.0 Å². The number of hydrogen-bond donors (Lipinski definition) is 6. The Morgan fingerprint density at radius 3 is 1.04 bits per heavy atom. The fourth-order valence-corrected chi connectivity index (χ4v) is 15.8. The van der Waals surface area contributed by atoms with Crippen molar-refractivity contribution in [3.8, 4) is 0 Å². The number of benzene rings is 3. The lowest BCUT2D eigenvalue weighted by Gasteiger charge is -2.31. The Hall–Kier alpha value is -5.53. The average Bonchev–Trinajstić information content (AvgIpc) is 1.64. The highest BCUT2D eigenvalue weighted by molar-refractivity contribution is 7.51. The summed E-state index contributed by atoms with van der Waals surface area (Å²) < 4.78 is 50.1. The third-order valence-electron chi connectivity index (χ3n) is 22.0. The van der Waals surface area contributed by atoms with Crippen LogP contribution in [0.4, 0.5) is 0 Å². The summed E-state index contributed by atoms with van der Waals surface area (Å²) in [7, 11) is -4.89. The molecule has 3 unspecified atom stereocenters. The highest BCUT2D eigenvalue weighted by Crippen LogP contribution is 2.37. The van der Waals surface area contributed by atoms with Crippen LogP contribution in [0.3, 0.4) is 0 Å². The summed E-state index contributed by atoms with van der Waals surface area (Å²) >= 11 is 0. The number of unbranched alkanes of at least 4 members (excludes halogenated alkanes) is 36. The quantitative estimate of drug-likeness (QED) is 0.0133. The topological polar surface area (TPSA) is 272 Å². The first-order valence-corrected chi connectivity index (χ1v) is 47.5. The third-order valence-corrected chi connectivity index (χ3v) is 22.5. The van der Waals surface area contributed by atoms with Crippen molar-refractivity contribution < 1.29 is 76.6 Å². The minimum Gasteiger partial charge on any atom is -0.462 e. The molecule has 3 amide bonds. The molecule has 1 heterocycles. The number of hydrogen-bond acceptors (Lipinski definition) is 14. The smallest absolute Gasteiger partial charge is 0.350 e. The highest BCUT2D eigenvalue weighted by atomic mass is 31.2. The van der Waals surface area contributed by atoms with E-state index in [0.29, 0.717) is 44.9 Å². The summed E-state index contributed by atoms with van der Waals surface area (Å²) in [5.41, 5.74) is 3.93. The molecule has 1 saturated heterocycles. The second-order valence-corrected chi connectivity index (χ2v) is 34.1. The Morgan fingerprint density at radius 1 is 0.404 bits per heavy atom. The van der Waals surface area contributed by atoms with Crippen LogP contribution in [0.25, 0.3) is 0 Å². The Morgan fingerprint density at radius 2 is 0.711 bits per heavy atom. The number of ether oxygens (including phenoxy) is 6. The van der Waals surface area contributed by atoms with Gasteiger partial charge in [0.25, 0.3) is 0 Å². The van der Waals surface area contributed by atoms with Crippen LogP contribution in [-0.2, 0) is 81.0 Å². The van der Waals surface area contributed by atoms with Gasteiger partial charge in [-0.2, -0.15) is 0 Å². The number of carbonyl (C=O) groups excluding carboxylic acids is 6. The van der Waals surface area contributed by atoms with Gasteiger partial charge < -0.3 is 59.3 Å². The van der Waals surface area contributed by atoms with Crippen molar-refractivity contribution in [3.63, 3.8) is 0 Å². The second kappa shape index (κ2) is 67.4. The molecule has 8 atom stereocenters. The van der Waals surface area contributed by atoms with E-state index in [4.69, 9.17) is 28.4 Å². The van der Waals surface area contributed by atoms with Crippen molar-refractivity contribution in [2.24, 2.45) is 0 Å². The predicted octanol–water partition coefficient (Wildman–Crippen LogP) is 21.1. The van der Waals surface area contributed by atoms with Crippen LogP contribution >= 0.6 is 7.60 Å². The first-order chi connectivity index (χ1) is 55.6. The van der Waals surface area contributed by atoms with E-state index in [-0.39, 0.29) is 75.9 Å². The van der Waals surface area contributed by atoms with Crippen molar-refractivity contribution in [1.29, 1.82) is 0 Å². The van der Waals surface area contributed by atoms with E-state index in [1.54, 1.807) is 0 Å². The van der Waals surface area contributed by atoms with Gasteiger partial charge in [0, 0.05) is 25.8 Å². The van der Waals surface area contributed by atoms with E-state index in [0.717, 1.165) is 180 Å². The number of nitrogens with one attached hydrogen (secondary N) is 3. The van der Waals surface area contributed by atoms with E-state index in [2.05, 4.69) is 110 Å². The fraction of sp³-hybridized carbons (Fsp3) is 0.745. The maximum absolute atomic E-state index is 14.9. The number of aliphatic hydroxyl groups is 1. The molecule has 1 fully saturated rings. The minimum atomic E-state index is -4.89. The number of carbonyl (C=O) groups is 6. The Bertz CT molecular complexity index is 2930. The molecule has 0 aliphatic carbocycles. The lowest BCUT2D eigenvalue weighted by molar-refractivity contribution is -0.206. The van der Waals surface area contributed by atoms with Gasteiger partial charge in [-0.25, -0.2) is 0 Å². The monoisotopic (exact) mass is 1610 g/mol. The van der Waals surface area contributed by atoms with Gasteiger partial charge in [0.15, 0.2) is 6.29 Å². The van der Waals surface area contributed by atoms with E-state index in [1.807, 2.05) is 18.2 Å². The van der Waals surface area contributed by atoms with Gasteiger partial charge in [-0.3, -0.25) is 33.3 Å². The van der Waals surface area contributed by atoms with Gasteiger partial charge in [0.05, 0.1) is 44.6 Å². The zero-order chi connectivity index (χ0) is 82.0. The van der Waals surface area contributed by atoms with Crippen LogP contribution in [0.2, 0.25) is 0 Å². The number of esters is 3. The second-order valence-electron chi connectivity index (χ2n) is 32.5. The fourth-order valence-electron chi connectivity index (χ4n) is 15.4. The number of rotatable bonds is 73. The lowest BCUT2D eigenvalue weighted by atomic mass is 9.98. The predicted molar refractivity (Wildman–Crippen MR) is 458 cm³/mol. The van der Waals surface area contributed by atoms with Crippen molar-refractivity contribution in [2.45, 2.75) is 423 Å². The Kier molecular flexibility index (Phi) is 59.6. The van der Waals surface area contributed by atoms with E-state index >= 15 is 0 Å². The first-order valence-electron chi connectivity index (χ1n) is 45.7. The molecule has 648 valence electrons. The molecule has 0 aromatic heterocycles. The standard InChI is InChI=1S/C94H156N3O16P/c1-4-7-10-13-16-19-22-31-49-64-81(110-90(102)67-52-34-25-28-40-55-78-58-43-37-44-59-78)72-87(99)95-70-71-108-94-85(97-89(101)74-83(66-51-33-24-21-18-15-12-9-6-3)112-92(104)69-54-36-27-30-42-57-80-62-47-39-48-63-80)75-84(93(86(76-98)113-94)109-77-114(105,106)107)96-88(100)73-82(65-50-32-23-20-17-14-11-8-5-2)111-91(103)68-53-35-26-29-41-56-79-60-45-38-46-61-79/h37-39,43-48,58-63,81-86,93-94,98H,4-36,40-42,49-57,64-77H2,1-3H3,(H,95,99)(H,96,100)(H,97,101)(H2,105,106,107)/t81-,82-,83-,84?,85?,86?,93+,94-/m1/s1. The van der Waals surface area contributed by atoms with Gasteiger partial charge in [0.2, 0.25) is 17.7 Å². The molecule has 6 N–H and O–H groups in total. The van der Waals surface area contributed by atoms with Crippen molar-refractivity contribution >= 4 is 43.2 Å². The Balaban J connectivity index is 1.57. The minimum absolute atomic E-state index is 0.0529. The molecule has 3 aromatic rings. The maximum atomic E-state index is 14.9. The Labute approximate surface area is 688 Å². The summed E-state index contributed by atoms with van der Waals surface area (Å²) in [4.78, 5) is 105. The van der Waals surface area contributed by atoms with Crippen LogP contribution in [0.5, 0.6) is 0 Å². The first kappa shape index (κ1) is 101. The maximum Gasteiger partial charge on any atom is 0.350 e. The average molecular weight is 1620 g/mol. The van der Waals surface area contributed by atoms with Crippen LogP contribution < -0.4 is 16.0 Å². The van der Waals surface area contributed by atoms with Crippen LogP contribution in [0.1, 0.15) is 371 Å². The van der Waals surface area contributed by atoms with Crippen molar-refractivity contribution in [2.75, 3.05) is 26.1 Å². The summed E-state index contributed by atoms with van der Waals surface area (Å²) in [6.07, 6.45) is 40.0. The van der Waals surface area contributed by atoms with Crippen LogP contribution in [-0.4, -0.2) is 126 Å². The summed E-state index contributed by atoms with van der Waals surface area (Å²) in [6, 6.07) is 28.9. The van der Waals surface area contributed by atoms with Gasteiger partial charge in [0.1, 0.15) is 36.9 Å². The molecule has 3 aromatic carbocycles. The number of aryl methyl sites for hydroxylation is 3.